The van der Waals surface area contributed by atoms with E-state index < -0.39 is 0 Å². The van der Waals surface area contributed by atoms with Gasteiger partial charge in [0.2, 0.25) is 5.13 Å². The highest BCUT2D eigenvalue weighted by Gasteiger charge is 2.05. The van der Waals surface area contributed by atoms with E-state index in [1.807, 2.05) is 19.0 Å². The third-order valence-electron chi connectivity index (χ3n) is 2.02. The van der Waals surface area contributed by atoms with Gasteiger partial charge in [0.1, 0.15) is 0 Å². The van der Waals surface area contributed by atoms with Crippen molar-refractivity contribution in [3.8, 4) is 0 Å². The Morgan fingerprint density at radius 2 is 1.94 bits per heavy atom. The molecule has 0 fully saturated rings. The summed E-state index contributed by atoms with van der Waals surface area (Å²) in [5, 5.41) is 12.6. The smallest absolute Gasteiger partial charge is 0.208 e. The van der Waals surface area contributed by atoms with Crippen LogP contribution in [-0.4, -0.2) is 68.7 Å². The maximum absolute atomic E-state index is 4.14. The Morgan fingerprint density at radius 3 is 2.53 bits per heavy atom. The van der Waals surface area contributed by atoms with Crippen molar-refractivity contribution in [1.82, 2.24) is 20.4 Å². The molecule has 1 aromatic rings. The number of nitrogens with zero attached hydrogens (tertiary/aromatic N) is 4. The summed E-state index contributed by atoms with van der Waals surface area (Å²) >= 11 is 3.40. The van der Waals surface area contributed by atoms with Crippen molar-refractivity contribution in [2.75, 3.05) is 58.5 Å². The Kier molecular flexibility index (Phi) is 6.79. The molecule has 0 radical (unpaired) electrons. The van der Waals surface area contributed by atoms with Gasteiger partial charge in [-0.05, 0) is 14.1 Å². The number of aromatic nitrogens is 2. The Morgan fingerprint density at radius 1 is 1.18 bits per heavy atom. The number of anilines is 1. The number of nitrogens with one attached hydrogen (secondary N) is 1. The van der Waals surface area contributed by atoms with Crippen molar-refractivity contribution < 1.29 is 0 Å². The lowest BCUT2D eigenvalue weighted by Crippen LogP contribution is -2.27. The lowest BCUT2D eigenvalue weighted by molar-refractivity contribution is 0.403. The van der Waals surface area contributed by atoms with Gasteiger partial charge in [-0.2, -0.15) is 0 Å². The molecule has 5 nitrogen and oxygen atoms in total. The van der Waals surface area contributed by atoms with Gasteiger partial charge in [0.25, 0.3) is 0 Å². The third kappa shape index (κ3) is 6.21. The Labute approximate surface area is 112 Å². The molecule has 1 rings (SSSR count). The number of thioether (sulfide) groups is 1. The largest absolute Gasteiger partial charge is 0.353 e. The van der Waals surface area contributed by atoms with Crippen LogP contribution in [0.25, 0.3) is 0 Å². The van der Waals surface area contributed by atoms with Crippen molar-refractivity contribution in [1.29, 1.82) is 0 Å². The van der Waals surface area contributed by atoms with Gasteiger partial charge >= 0.3 is 0 Å². The van der Waals surface area contributed by atoms with Gasteiger partial charge < -0.3 is 15.1 Å². The second-order valence-corrected chi connectivity index (χ2v) is 6.44. The zero-order valence-electron chi connectivity index (χ0n) is 10.9. The molecule has 0 amide bonds. The summed E-state index contributed by atoms with van der Waals surface area (Å²) < 4.78 is 1.04. The molecule has 17 heavy (non-hydrogen) atoms. The van der Waals surface area contributed by atoms with Crippen LogP contribution < -0.4 is 10.2 Å². The van der Waals surface area contributed by atoms with Crippen LogP contribution in [-0.2, 0) is 0 Å². The van der Waals surface area contributed by atoms with E-state index in [9.17, 15) is 0 Å². The summed E-state index contributed by atoms with van der Waals surface area (Å²) in [7, 11) is 8.14. The van der Waals surface area contributed by atoms with Crippen LogP contribution in [0.5, 0.6) is 0 Å². The highest BCUT2D eigenvalue weighted by Crippen LogP contribution is 2.26. The first-order chi connectivity index (χ1) is 8.09. The van der Waals surface area contributed by atoms with Crippen molar-refractivity contribution in [2.24, 2.45) is 0 Å². The van der Waals surface area contributed by atoms with E-state index in [0.717, 1.165) is 34.9 Å². The van der Waals surface area contributed by atoms with Crippen LogP contribution in [0.3, 0.4) is 0 Å². The molecule has 0 saturated heterocycles. The summed E-state index contributed by atoms with van der Waals surface area (Å²) in [4.78, 5) is 4.16. The molecular weight excluding hydrogens is 254 g/mol. The molecule has 1 N–H and O–H groups in total. The SMILES string of the molecule is CN(C)CCNCCSc1nnc(N(C)C)s1. The second-order valence-electron chi connectivity index (χ2n) is 4.15. The molecule has 0 spiro atoms. The molecule has 0 aliphatic carbocycles. The summed E-state index contributed by atoms with van der Waals surface area (Å²) in [6.07, 6.45) is 0. The second kappa shape index (κ2) is 7.86. The predicted octanol–water partition coefficient (Wildman–Crippen LogP) is 0.847. The molecular formula is C10H21N5S2. The third-order valence-corrected chi connectivity index (χ3v) is 4.24. The Balaban J connectivity index is 2.09. The fourth-order valence-corrected chi connectivity index (χ4v) is 2.81. The molecule has 0 aliphatic heterocycles. The minimum absolute atomic E-state index is 0.966. The molecule has 1 aromatic heterocycles. The van der Waals surface area contributed by atoms with Crippen LogP contribution in [0.15, 0.2) is 4.34 Å². The Hall–Kier alpha value is -0.370. The van der Waals surface area contributed by atoms with Gasteiger partial charge in [-0.1, -0.05) is 23.1 Å². The summed E-state index contributed by atoms with van der Waals surface area (Å²) in [6.45, 7) is 3.12. The number of rotatable bonds is 8. The normalized spacial score (nSPS) is 11.1. The lowest BCUT2D eigenvalue weighted by atomic mass is 10.5. The molecule has 0 saturated carbocycles. The molecule has 0 bridgehead atoms. The van der Waals surface area contributed by atoms with E-state index in [1.165, 1.54) is 0 Å². The fraction of sp³-hybridized carbons (Fsp3) is 0.800. The van der Waals surface area contributed by atoms with Gasteiger partial charge in [0.15, 0.2) is 4.34 Å². The topological polar surface area (TPSA) is 44.3 Å². The van der Waals surface area contributed by atoms with E-state index in [1.54, 1.807) is 23.1 Å². The van der Waals surface area contributed by atoms with Crippen molar-refractivity contribution in [2.45, 2.75) is 4.34 Å². The average molecular weight is 275 g/mol. The maximum atomic E-state index is 4.14. The van der Waals surface area contributed by atoms with Crippen molar-refractivity contribution in [3.05, 3.63) is 0 Å². The highest BCUT2D eigenvalue weighted by atomic mass is 32.2. The van der Waals surface area contributed by atoms with Crippen molar-refractivity contribution >= 4 is 28.2 Å². The molecule has 7 heteroatoms. The first-order valence-corrected chi connectivity index (χ1v) is 7.39. The van der Waals surface area contributed by atoms with Crippen LogP contribution in [0.1, 0.15) is 0 Å². The van der Waals surface area contributed by atoms with Crippen LogP contribution in [0.2, 0.25) is 0 Å². The average Bonchev–Trinajstić information content (AvgIpc) is 2.71. The molecule has 0 unspecified atom stereocenters. The summed E-state index contributed by atoms with van der Waals surface area (Å²) in [5.74, 6) is 1.04. The summed E-state index contributed by atoms with van der Waals surface area (Å²) in [6, 6.07) is 0. The number of hydrogen-bond acceptors (Lipinski definition) is 7. The number of hydrogen-bond donors (Lipinski definition) is 1. The van der Waals surface area contributed by atoms with E-state index in [2.05, 4.69) is 34.5 Å². The minimum atomic E-state index is 0.966. The lowest BCUT2D eigenvalue weighted by Gasteiger charge is -2.09. The fourth-order valence-electron chi connectivity index (χ4n) is 1.08. The van der Waals surface area contributed by atoms with Gasteiger partial charge in [0.05, 0.1) is 0 Å². The van der Waals surface area contributed by atoms with Gasteiger partial charge in [-0.15, -0.1) is 10.2 Å². The summed E-state index contributed by atoms with van der Waals surface area (Å²) in [5.41, 5.74) is 0. The zero-order chi connectivity index (χ0) is 12.7. The van der Waals surface area contributed by atoms with Crippen LogP contribution in [0.4, 0.5) is 5.13 Å². The van der Waals surface area contributed by atoms with Gasteiger partial charge in [0, 0.05) is 39.5 Å². The first kappa shape index (κ1) is 14.7. The molecule has 0 atom stereocenters. The van der Waals surface area contributed by atoms with Crippen molar-refractivity contribution in [3.63, 3.8) is 0 Å². The van der Waals surface area contributed by atoms with E-state index in [0.29, 0.717) is 0 Å². The minimum Gasteiger partial charge on any atom is -0.353 e. The first-order valence-electron chi connectivity index (χ1n) is 5.58. The molecule has 1 heterocycles. The maximum Gasteiger partial charge on any atom is 0.208 e. The standard InChI is InChI=1S/C10H21N5S2/c1-14(2)7-5-11-6-8-16-10-13-12-9(17-10)15(3)4/h11H,5-8H2,1-4H3. The molecule has 0 aliphatic rings. The van der Waals surface area contributed by atoms with Crippen LogP contribution >= 0.6 is 23.1 Å². The van der Waals surface area contributed by atoms with E-state index >= 15 is 0 Å². The Bertz CT molecular complexity index is 313. The molecule has 0 aromatic carbocycles. The highest BCUT2D eigenvalue weighted by molar-refractivity contribution is 8.01. The number of likely N-dealkylation sites (N-methyl/N-ethyl adjacent to an activating group) is 1. The molecule has 98 valence electrons. The predicted molar refractivity (Wildman–Crippen MR) is 76.4 cm³/mol. The quantitative estimate of drug-likeness (QED) is 0.560. The van der Waals surface area contributed by atoms with Gasteiger partial charge in [-0.3, -0.25) is 0 Å². The van der Waals surface area contributed by atoms with Crippen LogP contribution in [0, 0.1) is 0 Å². The monoisotopic (exact) mass is 275 g/mol. The van der Waals surface area contributed by atoms with Gasteiger partial charge in [-0.25, -0.2) is 0 Å². The van der Waals surface area contributed by atoms with E-state index in [-0.39, 0.29) is 0 Å². The van der Waals surface area contributed by atoms with E-state index in [4.69, 9.17) is 0 Å². The zero-order valence-corrected chi connectivity index (χ0v) is 12.6.